The molecule has 26 heavy (non-hydrogen) atoms. The van der Waals surface area contributed by atoms with Crippen molar-refractivity contribution in [3.63, 3.8) is 0 Å². The second-order valence-corrected chi connectivity index (χ2v) is 8.34. The van der Waals surface area contributed by atoms with Crippen LogP contribution in [0.1, 0.15) is 12.8 Å². The molecule has 0 aliphatic carbocycles. The number of carbonyl (C=O) groups excluding carboxylic acids is 1. The van der Waals surface area contributed by atoms with Gasteiger partial charge >= 0.3 is 0 Å². The summed E-state index contributed by atoms with van der Waals surface area (Å²) in [5.74, 6) is -0.994. The fourth-order valence-corrected chi connectivity index (χ4v) is 5.09. The molecule has 3 rings (SSSR count). The number of ether oxygens (including phenoxy) is 2. The Morgan fingerprint density at radius 1 is 1.27 bits per heavy atom. The molecule has 9 heteroatoms. The Bertz CT molecular complexity index is 764. The van der Waals surface area contributed by atoms with Crippen molar-refractivity contribution >= 4 is 15.9 Å². The summed E-state index contributed by atoms with van der Waals surface area (Å²) in [6, 6.07) is 3.41. The number of sulfonamides is 1. The number of piperidine rings is 1. The standard InChI is InChI=1S/C17H23FN2O5S/c1-24-15-5-4-14(18)11-16(15)26(22,23)20-6-2-3-13(12-20)17(21)19-7-9-25-10-8-19/h4-5,11,13H,2-3,6-10,12H2,1H3/t13-/m0/s1. The van der Waals surface area contributed by atoms with Gasteiger partial charge in [-0.05, 0) is 31.0 Å². The molecule has 0 unspecified atom stereocenters. The first-order chi connectivity index (χ1) is 12.4. The molecule has 2 heterocycles. The average Bonchev–Trinajstić information content (AvgIpc) is 2.68. The minimum Gasteiger partial charge on any atom is -0.495 e. The van der Waals surface area contributed by atoms with Crippen LogP contribution in [0.4, 0.5) is 4.39 Å². The molecule has 1 aromatic carbocycles. The lowest BCUT2D eigenvalue weighted by molar-refractivity contribution is -0.140. The van der Waals surface area contributed by atoms with Gasteiger partial charge in [0, 0.05) is 26.2 Å². The number of hydrogen-bond donors (Lipinski definition) is 0. The summed E-state index contributed by atoms with van der Waals surface area (Å²) in [6.07, 6.45) is 1.22. The summed E-state index contributed by atoms with van der Waals surface area (Å²) in [5, 5.41) is 0. The highest BCUT2D eigenvalue weighted by Crippen LogP contribution is 2.31. The number of rotatable bonds is 4. The summed E-state index contributed by atoms with van der Waals surface area (Å²) in [7, 11) is -2.61. The molecule has 144 valence electrons. The molecule has 7 nitrogen and oxygen atoms in total. The number of methoxy groups -OCH3 is 1. The maximum Gasteiger partial charge on any atom is 0.246 e. The lowest BCUT2D eigenvalue weighted by Crippen LogP contribution is -2.49. The number of halogens is 1. The number of morpholine rings is 1. The van der Waals surface area contributed by atoms with Gasteiger partial charge in [0.2, 0.25) is 15.9 Å². The zero-order valence-corrected chi connectivity index (χ0v) is 15.5. The van der Waals surface area contributed by atoms with Crippen LogP contribution in [0.2, 0.25) is 0 Å². The van der Waals surface area contributed by atoms with Crippen LogP contribution >= 0.6 is 0 Å². The molecular formula is C17H23FN2O5S. The molecule has 0 bridgehead atoms. The molecule has 0 saturated carbocycles. The van der Waals surface area contributed by atoms with Gasteiger partial charge < -0.3 is 14.4 Å². The average molecular weight is 386 g/mol. The van der Waals surface area contributed by atoms with Crippen molar-refractivity contribution in [3.8, 4) is 5.75 Å². The van der Waals surface area contributed by atoms with Gasteiger partial charge in [0.25, 0.3) is 0 Å². The largest absolute Gasteiger partial charge is 0.495 e. The van der Waals surface area contributed by atoms with Crippen LogP contribution in [0.15, 0.2) is 23.1 Å². The van der Waals surface area contributed by atoms with E-state index in [-0.39, 0.29) is 23.1 Å². The first kappa shape index (κ1) is 19.1. The predicted octanol–water partition coefficient (Wildman–Crippen LogP) is 1.09. The van der Waals surface area contributed by atoms with E-state index in [1.807, 2.05) is 0 Å². The molecular weight excluding hydrogens is 363 g/mol. The summed E-state index contributed by atoms with van der Waals surface area (Å²) in [5.41, 5.74) is 0. The Morgan fingerprint density at radius 2 is 2.00 bits per heavy atom. The lowest BCUT2D eigenvalue weighted by atomic mass is 9.98. The van der Waals surface area contributed by atoms with Crippen molar-refractivity contribution in [1.29, 1.82) is 0 Å². The fraction of sp³-hybridized carbons (Fsp3) is 0.588. The highest BCUT2D eigenvalue weighted by Gasteiger charge is 2.36. The molecule has 0 spiro atoms. The Hall–Kier alpha value is -1.71. The predicted molar refractivity (Wildman–Crippen MR) is 91.8 cm³/mol. The van der Waals surface area contributed by atoms with Gasteiger partial charge in [0.1, 0.15) is 16.5 Å². The molecule has 1 aromatic rings. The molecule has 1 atom stereocenters. The van der Waals surface area contributed by atoms with E-state index < -0.39 is 21.8 Å². The maximum atomic E-state index is 13.6. The van der Waals surface area contributed by atoms with E-state index in [9.17, 15) is 17.6 Å². The number of nitrogens with zero attached hydrogens (tertiary/aromatic N) is 2. The van der Waals surface area contributed by atoms with Crippen LogP contribution in [0, 0.1) is 11.7 Å². The van der Waals surface area contributed by atoms with Crippen molar-refractivity contribution in [2.24, 2.45) is 5.92 Å². The van der Waals surface area contributed by atoms with E-state index in [1.165, 1.54) is 17.5 Å². The van der Waals surface area contributed by atoms with E-state index >= 15 is 0 Å². The molecule has 0 aromatic heterocycles. The number of hydrogen-bond acceptors (Lipinski definition) is 5. The van der Waals surface area contributed by atoms with Crippen LogP contribution in [0.3, 0.4) is 0 Å². The van der Waals surface area contributed by atoms with E-state index in [0.29, 0.717) is 45.7 Å². The quantitative estimate of drug-likeness (QED) is 0.774. The minimum absolute atomic E-state index is 0.0422. The van der Waals surface area contributed by atoms with Gasteiger partial charge in [-0.1, -0.05) is 0 Å². The third-order valence-electron chi connectivity index (χ3n) is 4.80. The zero-order chi connectivity index (χ0) is 18.7. The third kappa shape index (κ3) is 3.84. The summed E-state index contributed by atoms with van der Waals surface area (Å²) in [4.78, 5) is 14.2. The van der Waals surface area contributed by atoms with Crippen molar-refractivity contribution in [2.75, 3.05) is 46.5 Å². The molecule has 2 fully saturated rings. The molecule has 2 saturated heterocycles. The highest BCUT2D eigenvalue weighted by atomic mass is 32.2. The van der Waals surface area contributed by atoms with E-state index in [0.717, 1.165) is 12.1 Å². The van der Waals surface area contributed by atoms with Gasteiger partial charge in [-0.3, -0.25) is 4.79 Å². The van der Waals surface area contributed by atoms with Crippen LogP contribution in [-0.4, -0.2) is 70.0 Å². The number of amides is 1. The number of benzene rings is 1. The lowest BCUT2D eigenvalue weighted by Gasteiger charge is -2.35. The molecule has 1 amide bonds. The van der Waals surface area contributed by atoms with Gasteiger partial charge in [-0.2, -0.15) is 4.31 Å². The first-order valence-corrected chi connectivity index (χ1v) is 10.1. The molecule has 0 radical (unpaired) electrons. The Morgan fingerprint density at radius 3 is 2.69 bits per heavy atom. The SMILES string of the molecule is COc1ccc(F)cc1S(=O)(=O)N1CCC[C@H](C(=O)N2CCOCC2)C1. The van der Waals surface area contributed by atoms with Gasteiger partial charge in [-0.25, -0.2) is 12.8 Å². The second-order valence-electron chi connectivity index (χ2n) is 6.44. The van der Waals surface area contributed by atoms with Crippen molar-refractivity contribution < 1.29 is 27.1 Å². The van der Waals surface area contributed by atoms with E-state index in [4.69, 9.17) is 9.47 Å². The molecule has 0 N–H and O–H groups in total. The van der Waals surface area contributed by atoms with Crippen molar-refractivity contribution in [1.82, 2.24) is 9.21 Å². The maximum absolute atomic E-state index is 13.6. The monoisotopic (exact) mass is 386 g/mol. The topological polar surface area (TPSA) is 76.2 Å². The summed E-state index contributed by atoms with van der Waals surface area (Å²) >= 11 is 0. The fourth-order valence-electron chi connectivity index (χ4n) is 3.40. The van der Waals surface area contributed by atoms with E-state index in [2.05, 4.69) is 0 Å². The number of carbonyl (C=O) groups is 1. The Labute approximate surface area is 152 Å². The normalized spacial score (nSPS) is 22.2. The highest BCUT2D eigenvalue weighted by molar-refractivity contribution is 7.89. The summed E-state index contributed by atoms with van der Waals surface area (Å²) < 4.78 is 51.2. The van der Waals surface area contributed by atoms with Crippen molar-refractivity contribution in [3.05, 3.63) is 24.0 Å². The smallest absolute Gasteiger partial charge is 0.246 e. The zero-order valence-electron chi connectivity index (χ0n) is 14.7. The van der Waals surface area contributed by atoms with E-state index in [1.54, 1.807) is 4.90 Å². The minimum atomic E-state index is -3.95. The van der Waals surface area contributed by atoms with Crippen LogP contribution in [0.25, 0.3) is 0 Å². The van der Waals surface area contributed by atoms with Gasteiger partial charge in [0.05, 0.1) is 26.2 Å². The second kappa shape index (κ2) is 7.89. The van der Waals surface area contributed by atoms with Crippen LogP contribution < -0.4 is 4.74 Å². The van der Waals surface area contributed by atoms with Crippen LogP contribution in [0.5, 0.6) is 5.75 Å². The first-order valence-electron chi connectivity index (χ1n) is 8.63. The Balaban J connectivity index is 1.80. The van der Waals surface area contributed by atoms with Crippen molar-refractivity contribution in [2.45, 2.75) is 17.7 Å². The van der Waals surface area contributed by atoms with Gasteiger partial charge in [0.15, 0.2) is 0 Å². The van der Waals surface area contributed by atoms with Gasteiger partial charge in [-0.15, -0.1) is 0 Å². The third-order valence-corrected chi connectivity index (χ3v) is 6.69. The molecule has 2 aliphatic rings. The molecule has 2 aliphatic heterocycles. The Kier molecular flexibility index (Phi) is 5.79. The van der Waals surface area contributed by atoms with Crippen LogP contribution in [-0.2, 0) is 19.6 Å². The summed E-state index contributed by atoms with van der Waals surface area (Å²) in [6.45, 7) is 2.45.